The number of nitrogens with zero attached hydrogens (tertiary/aromatic N) is 3. The van der Waals surface area contributed by atoms with E-state index < -0.39 is 0 Å². The van der Waals surface area contributed by atoms with Crippen LogP contribution in [0.5, 0.6) is 0 Å². The molecule has 0 aliphatic rings. The van der Waals surface area contributed by atoms with Gasteiger partial charge < -0.3 is 9.88 Å². The number of carbonyl (C=O) groups is 1. The summed E-state index contributed by atoms with van der Waals surface area (Å²) in [5, 5.41) is 3.14. The number of aromatic nitrogens is 3. The monoisotopic (exact) mass is 382 g/mol. The van der Waals surface area contributed by atoms with Crippen LogP contribution in [0.2, 0.25) is 0 Å². The third-order valence-electron chi connectivity index (χ3n) is 4.62. The maximum absolute atomic E-state index is 13.1. The summed E-state index contributed by atoms with van der Waals surface area (Å²) in [6.07, 6.45) is 2.73. The predicted octanol–water partition coefficient (Wildman–Crippen LogP) is 4.60. The molecular weight excluding hydrogens is 355 g/mol. The number of hydrogen-bond acceptors (Lipinski definition) is 3. The van der Waals surface area contributed by atoms with Crippen molar-refractivity contribution in [3.8, 4) is 0 Å². The highest BCUT2D eigenvalue weighted by Gasteiger charge is 2.24. The van der Waals surface area contributed by atoms with Crippen LogP contribution in [-0.2, 0) is 11.2 Å². The van der Waals surface area contributed by atoms with Crippen LogP contribution in [0.3, 0.4) is 0 Å². The van der Waals surface area contributed by atoms with Gasteiger partial charge in [-0.2, -0.15) is 0 Å². The van der Waals surface area contributed by atoms with E-state index in [1.165, 1.54) is 12.1 Å². The highest BCUT2D eigenvalue weighted by molar-refractivity contribution is 5.79. The fraction of sp³-hybridized carbons (Fsp3) is 0.409. The molecule has 2 heterocycles. The lowest BCUT2D eigenvalue weighted by Crippen LogP contribution is -2.33. The van der Waals surface area contributed by atoms with Crippen LogP contribution >= 0.6 is 0 Å². The molecule has 1 aromatic carbocycles. The normalized spacial score (nSPS) is 12.7. The quantitative estimate of drug-likeness (QED) is 0.650. The van der Waals surface area contributed by atoms with Crippen LogP contribution < -0.4 is 5.32 Å². The van der Waals surface area contributed by atoms with Gasteiger partial charge in [0.25, 0.3) is 0 Å². The first kappa shape index (κ1) is 20.0. The molecule has 1 amide bonds. The van der Waals surface area contributed by atoms with Crippen molar-refractivity contribution in [2.75, 3.05) is 0 Å². The van der Waals surface area contributed by atoms with Gasteiger partial charge >= 0.3 is 0 Å². The van der Waals surface area contributed by atoms with E-state index >= 15 is 0 Å². The summed E-state index contributed by atoms with van der Waals surface area (Å²) in [6, 6.07) is 9.78. The zero-order valence-electron chi connectivity index (χ0n) is 16.8. The summed E-state index contributed by atoms with van der Waals surface area (Å²) in [4.78, 5) is 22.0. The zero-order valence-corrected chi connectivity index (χ0v) is 16.8. The minimum Gasteiger partial charge on any atom is -0.346 e. The van der Waals surface area contributed by atoms with E-state index in [1.807, 2.05) is 12.1 Å². The third kappa shape index (κ3) is 4.55. The standard InChI is InChI=1S/C22H27FN4O/c1-14(2)12-19(25-20(28)13-16-7-9-17(23)10-8-16)22-26-18-6-5-11-24-21(18)27(22)15(3)4/h5-11,14-15,19H,12-13H2,1-4H3,(H,25,28)/t19-/m1/s1. The van der Waals surface area contributed by atoms with Crippen molar-refractivity contribution in [1.29, 1.82) is 0 Å². The second kappa shape index (κ2) is 8.50. The number of nitrogens with one attached hydrogen (secondary N) is 1. The molecule has 0 saturated carbocycles. The topological polar surface area (TPSA) is 59.8 Å². The first-order valence-corrected chi connectivity index (χ1v) is 9.71. The Morgan fingerprint density at radius 2 is 1.86 bits per heavy atom. The van der Waals surface area contributed by atoms with Crippen molar-refractivity contribution >= 4 is 17.1 Å². The first-order chi connectivity index (χ1) is 13.3. The Balaban J connectivity index is 1.90. The second-order valence-electron chi connectivity index (χ2n) is 7.83. The highest BCUT2D eigenvalue weighted by atomic mass is 19.1. The lowest BCUT2D eigenvalue weighted by Gasteiger charge is -2.23. The molecule has 0 saturated heterocycles. The Bertz CT molecular complexity index is 947. The Labute approximate surface area is 165 Å². The number of hydrogen-bond donors (Lipinski definition) is 1. The molecule has 5 nitrogen and oxygen atoms in total. The molecule has 0 fully saturated rings. The zero-order chi connectivity index (χ0) is 20.3. The number of imidazole rings is 1. The van der Waals surface area contributed by atoms with Gasteiger partial charge in [-0.25, -0.2) is 14.4 Å². The number of amides is 1. The summed E-state index contributed by atoms with van der Waals surface area (Å²) in [5.74, 6) is 0.793. The van der Waals surface area contributed by atoms with Crippen molar-refractivity contribution in [2.24, 2.45) is 5.92 Å². The highest BCUT2D eigenvalue weighted by Crippen LogP contribution is 2.27. The van der Waals surface area contributed by atoms with Gasteiger partial charge in [0.15, 0.2) is 5.65 Å². The number of rotatable bonds is 7. The van der Waals surface area contributed by atoms with E-state index in [1.54, 1.807) is 18.3 Å². The van der Waals surface area contributed by atoms with E-state index in [9.17, 15) is 9.18 Å². The van der Waals surface area contributed by atoms with Crippen LogP contribution in [-0.4, -0.2) is 20.4 Å². The average molecular weight is 382 g/mol. The van der Waals surface area contributed by atoms with Gasteiger partial charge in [0.2, 0.25) is 5.91 Å². The lowest BCUT2D eigenvalue weighted by molar-refractivity contribution is -0.121. The van der Waals surface area contributed by atoms with Crippen LogP contribution in [0.1, 0.15) is 57.6 Å². The van der Waals surface area contributed by atoms with Crippen molar-refractivity contribution in [3.05, 3.63) is 59.8 Å². The molecule has 0 unspecified atom stereocenters. The second-order valence-corrected chi connectivity index (χ2v) is 7.83. The predicted molar refractivity (Wildman–Crippen MR) is 108 cm³/mol. The van der Waals surface area contributed by atoms with E-state index in [-0.39, 0.29) is 30.2 Å². The van der Waals surface area contributed by atoms with E-state index in [0.29, 0.717) is 5.92 Å². The van der Waals surface area contributed by atoms with Crippen LogP contribution in [0.25, 0.3) is 11.2 Å². The van der Waals surface area contributed by atoms with Gasteiger partial charge in [-0.1, -0.05) is 26.0 Å². The fourth-order valence-corrected chi connectivity index (χ4v) is 3.44. The molecule has 2 aromatic heterocycles. The van der Waals surface area contributed by atoms with Crippen LogP contribution in [0.4, 0.5) is 4.39 Å². The van der Waals surface area contributed by atoms with Crippen molar-refractivity contribution in [1.82, 2.24) is 19.9 Å². The van der Waals surface area contributed by atoms with Crippen molar-refractivity contribution in [3.63, 3.8) is 0 Å². The van der Waals surface area contributed by atoms with E-state index in [2.05, 4.69) is 42.6 Å². The van der Waals surface area contributed by atoms with Gasteiger partial charge in [-0.05, 0) is 56.0 Å². The minimum atomic E-state index is -0.306. The number of pyridine rings is 1. The SMILES string of the molecule is CC(C)C[C@@H](NC(=O)Cc1ccc(F)cc1)c1nc2cccnc2n1C(C)C. The molecular formula is C22H27FN4O. The first-order valence-electron chi connectivity index (χ1n) is 9.71. The molecule has 0 aliphatic carbocycles. The van der Waals surface area contributed by atoms with Gasteiger partial charge in [0.1, 0.15) is 17.2 Å². The van der Waals surface area contributed by atoms with Crippen LogP contribution in [0, 0.1) is 11.7 Å². The van der Waals surface area contributed by atoms with E-state index in [4.69, 9.17) is 4.98 Å². The van der Waals surface area contributed by atoms with Crippen LogP contribution in [0.15, 0.2) is 42.6 Å². The maximum atomic E-state index is 13.1. The molecule has 3 aromatic rings. The number of benzene rings is 1. The third-order valence-corrected chi connectivity index (χ3v) is 4.62. The summed E-state index contributed by atoms with van der Waals surface area (Å²) < 4.78 is 15.2. The number of carbonyl (C=O) groups excluding carboxylic acids is 1. The average Bonchev–Trinajstić information content (AvgIpc) is 3.02. The fourth-order valence-electron chi connectivity index (χ4n) is 3.44. The Hall–Kier alpha value is -2.76. The molecule has 0 radical (unpaired) electrons. The maximum Gasteiger partial charge on any atom is 0.225 e. The summed E-state index contributed by atoms with van der Waals surface area (Å²) >= 11 is 0. The molecule has 0 bridgehead atoms. The van der Waals surface area contributed by atoms with E-state index in [0.717, 1.165) is 29.0 Å². The molecule has 1 N–H and O–H groups in total. The smallest absolute Gasteiger partial charge is 0.225 e. The summed E-state index contributed by atoms with van der Waals surface area (Å²) in [7, 11) is 0. The molecule has 0 aliphatic heterocycles. The molecule has 0 spiro atoms. The molecule has 28 heavy (non-hydrogen) atoms. The van der Waals surface area contributed by atoms with Gasteiger partial charge in [0.05, 0.1) is 12.5 Å². The number of halogens is 1. The molecule has 6 heteroatoms. The lowest BCUT2D eigenvalue weighted by atomic mass is 10.0. The molecule has 148 valence electrons. The van der Waals surface area contributed by atoms with Gasteiger partial charge in [-0.3, -0.25) is 4.79 Å². The molecule has 1 atom stereocenters. The summed E-state index contributed by atoms with van der Waals surface area (Å²) in [6.45, 7) is 8.43. The number of fused-ring (bicyclic) bond motifs is 1. The largest absolute Gasteiger partial charge is 0.346 e. The Morgan fingerprint density at radius 3 is 2.50 bits per heavy atom. The summed E-state index contributed by atoms with van der Waals surface area (Å²) in [5.41, 5.74) is 2.43. The Morgan fingerprint density at radius 1 is 1.14 bits per heavy atom. The van der Waals surface area contributed by atoms with Crippen molar-refractivity contribution in [2.45, 2.75) is 52.6 Å². The van der Waals surface area contributed by atoms with Gasteiger partial charge in [0, 0.05) is 12.2 Å². The minimum absolute atomic E-state index is 0.104. The Kier molecular flexibility index (Phi) is 6.07. The van der Waals surface area contributed by atoms with Gasteiger partial charge in [-0.15, -0.1) is 0 Å². The molecule has 3 rings (SSSR count). The van der Waals surface area contributed by atoms with Crippen molar-refractivity contribution < 1.29 is 9.18 Å².